The highest BCUT2D eigenvalue weighted by Crippen LogP contribution is 2.29. The number of benzene rings is 2. The number of aliphatic hydroxyl groups is 1. The molecule has 0 aliphatic heterocycles. The third kappa shape index (κ3) is 3.34. The highest BCUT2D eigenvalue weighted by atomic mass is 35.5. The maximum Gasteiger partial charge on any atom is 0.152 e. The average molecular weight is 342 g/mol. The first-order valence-electron chi connectivity index (χ1n) is 6.83. The van der Waals surface area contributed by atoms with Crippen molar-refractivity contribution >= 4 is 40.0 Å². The lowest BCUT2D eigenvalue weighted by atomic mass is 10.2. The molecule has 4 nitrogen and oxygen atoms in total. The van der Waals surface area contributed by atoms with E-state index in [9.17, 15) is 10.4 Å². The number of para-hydroxylation sites is 2. The fourth-order valence-corrected chi connectivity index (χ4v) is 3.22. The molecule has 0 bridgehead atoms. The molecular formula is C17H12ClN3OS. The fourth-order valence-electron chi connectivity index (χ4n) is 2.11. The number of imidazole rings is 1. The Labute approximate surface area is 142 Å². The predicted molar refractivity (Wildman–Crippen MR) is 93.4 cm³/mol. The number of aromatic amines is 1. The number of allylic oxidation sites excluding steroid dienone is 1. The summed E-state index contributed by atoms with van der Waals surface area (Å²) in [5, 5.41) is 20.3. The van der Waals surface area contributed by atoms with Gasteiger partial charge in [0.15, 0.2) is 5.82 Å². The van der Waals surface area contributed by atoms with Gasteiger partial charge in [-0.15, -0.1) is 11.8 Å². The van der Waals surface area contributed by atoms with E-state index in [0.717, 1.165) is 15.9 Å². The summed E-state index contributed by atoms with van der Waals surface area (Å²) in [6.45, 7) is 0. The van der Waals surface area contributed by atoms with Gasteiger partial charge in [0.2, 0.25) is 0 Å². The number of aromatic nitrogens is 2. The fraction of sp³-hybridized carbons (Fsp3) is 0.0588. The molecule has 1 aromatic heterocycles. The van der Waals surface area contributed by atoms with Gasteiger partial charge in [0.1, 0.15) is 17.4 Å². The monoisotopic (exact) mass is 341 g/mol. The second kappa shape index (κ2) is 6.78. The molecule has 0 amide bonds. The normalized spacial score (nSPS) is 12.0. The number of rotatable bonds is 4. The Balaban J connectivity index is 1.87. The number of halogens is 1. The number of thioether (sulfide) groups is 1. The highest BCUT2D eigenvalue weighted by molar-refractivity contribution is 7.99. The molecule has 1 heterocycles. The number of aliphatic hydroxyl groups excluding tert-OH is 1. The molecule has 0 unspecified atom stereocenters. The first kappa shape index (κ1) is 15.5. The summed E-state index contributed by atoms with van der Waals surface area (Å²) in [5.41, 5.74) is 1.71. The second-order valence-electron chi connectivity index (χ2n) is 4.76. The smallest absolute Gasteiger partial charge is 0.152 e. The van der Waals surface area contributed by atoms with Gasteiger partial charge in [-0.05, 0) is 24.3 Å². The van der Waals surface area contributed by atoms with Crippen LogP contribution in [0.3, 0.4) is 0 Å². The molecule has 2 aromatic carbocycles. The SMILES string of the molecule is N#C/C(=C(/O)CSc1ccccc1Cl)c1nc2ccccc2[nH]1. The maximum atomic E-state index is 10.3. The number of nitrogens with one attached hydrogen (secondary N) is 1. The number of H-pyrrole nitrogens is 1. The quantitative estimate of drug-likeness (QED) is 0.406. The van der Waals surface area contributed by atoms with Crippen molar-refractivity contribution in [1.29, 1.82) is 5.26 Å². The van der Waals surface area contributed by atoms with E-state index in [0.29, 0.717) is 10.8 Å². The van der Waals surface area contributed by atoms with Crippen LogP contribution >= 0.6 is 23.4 Å². The van der Waals surface area contributed by atoms with E-state index in [1.54, 1.807) is 6.07 Å². The zero-order valence-electron chi connectivity index (χ0n) is 12.0. The van der Waals surface area contributed by atoms with E-state index in [-0.39, 0.29) is 17.1 Å². The van der Waals surface area contributed by atoms with Crippen molar-refractivity contribution in [3.63, 3.8) is 0 Å². The second-order valence-corrected chi connectivity index (χ2v) is 6.18. The number of nitriles is 1. The zero-order chi connectivity index (χ0) is 16.2. The van der Waals surface area contributed by atoms with E-state index >= 15 is 0 Å². The van der Waals surface area contributed by atoms with Gasteiger partial charge in [-0.2, -0.15) is 5.26 Å². The van der Waals surface area contributed by atoms with E-state index in [1.165, 1.54) is 11.8 Å². The van der Waals surface area contributed by atoms with Crippen LogP contribution in [0, 0.1) is 11.3 Å². The molecule has 0 saturated carbocycles. The van der Waals surface area contributed by atoms with Gasteiger partial charge in [0, 0.05) is 4.90 Å². The minimum Gasteiger partial charge on any atom is -0.510 e. The first-order valence-corrected chi connectivity index (χ1v) is 8.20. The molecule has 0 radical (unpaired) electrons. The molecule has 0 spiro atoms. The van der Waals surface area contributed by atoms with Gasteiger partial charge >= 0.3 is 0 Å². The Morgan fingerprint density at radius 3 is 2.70 bits per heavy atom. The Morgan fingerprint density at radius 2 is 1.96 bits per heavy atom. The summed E-state index contributed by atoms with van der Waals surface area (Å²) in [4.78, 5) is 8.25. The van der Waals surface area contributed by atoms with Crippen molar-refractivity contribution in [3.8, 4) is 6.07 Å². The molecule has 3 aromatic rings. The molecule has 114 valence electrons. The third-order valence-corrected chi connectivity index (χ3v) is 4.75. The molecule has 23 heavy (non-hydrogen) atoms. The number of hydrogen-bond acceptors (Lipinski definition) is 4. The summed E-state index contributed by atoms with van der Waals surface area (Å²) in [6.07, 6.45) is 0. The van der Waals surface area contributed by atoms with Crippen molar-refractivity contribution in [2.24, 2.45) is 0 Å². The van der Waals surface area contributed by atoms with Crippen LogP contribution in [0.25, 0.3) is 16.6 Å². The minimum atomic E-state index is -0.0310. The van der Waals surface area contributed by atoms with Crippen LogP contribution in [-0.2, 0) is 0 Å². The largest absolute Gasteiger partial charge is 0.510 e. The highest BCUT2D eigenvalue weighted by Gasteiger charge is 2.13. The van der Waals surface area contributed by atoms with Gasteiger partial charge in [-0.1, -0.05) is 35.9 Å². The molecule has 0 aliphatic rings. The van der Waals surface area contributed by atoms with Gasteiger partial charge in [0.05, 0.1) is 21.8 Å². The molecular weight excluding hydrogens is 330 g/mol. The molecule has 2 N–H and O–H groups in total. The van der Waals surface area contributed by atoms with E-state index in [1.807, 2.05) is 48.5 Å². The summed E-state index contributed by atoms with van der Waals surface area (Å²) in [6, 6.07) is 16.9. The number of fused-ring (bicyclic) bond motifs is 1. The van der Waals surface area contributed by atoms with Gasteiger partial charge < -0.3 is 10.1 Å². The summed E-state index contributed by atoms with van der Waals surface area (Å²) in [5.74, 6) is 0.575. The van der Waals surface area contributed by atoms with E-state index < -0.39 is 0 Å². The number of nitrogens with zero attached hydrogens (tertiary/aromatic N) is 2. The lowest BCUT2D eigenvalue weighted by Gasteiger charge is -2.04. The summed E-state index contributed by atoms with van der Waals surface area (Å²) in [7, 11) is 0. The summed E-state index contributed by atoms with van der Waals surface area (Å²) >= 11 is 7.46. The first-order chi connectivity index (χ1) is 11.2. The van der Waals surface area contributed by atoms with Crippen LogP contribution in [-0.4, -0.2) is 20.8 Å². The van der Waals surface area contributed by atoms with E-state index in [2.05, 4.69) is 9.97 Å². The molecule has 0 atom stereocenters. The Bertz CT molecular complexity index is 894. The predicted octanol–water partition coefficient (Wildman–Crippen LogP) is 4.80. The van der Waals surface area contributed by atoms with E-state index in [4.69, 9.17) is 11.6 Å². The van der Waals surface area contributed by atoms with Crippen LogP contribution in [0.5, 0.6) is 0 Å². The van der Waals surface area contributed by atoms with Gasteiger partial charge in [0.25, 0.3) is 0 Å². The lowest BCUT2D eigenvalue weighted by molar-refractivity contribution is 0.420. The van der Waals surface area contributed by atoms with Crippen molar-refractivity contribution in [1.82, 2.24) is 9.97 Å². The zero-order valence-corrected chi connectivity index (χ0v) is 13.5. The molecule has 0 fully saturated rings. The van der Waals surface area contributed by atoms with Gasteiger partial charge in [-0.25, -0.2) is 4.98 Å². The van der Waals surface area contributed by atoms with Crippen LogP contribution in [0.15, 0.2) is 59.2 Å². The number of hydrogen-bond donors (Lipinski definition) is 2. The molecule has 3 rings (SSSR count). The van der Waals surface area contributed by atoms with Crippen LogP contribution in [0.1, 0.15) is 5.82 Å². The van der Waals surface area contributed by atoms with Crippen molar-refractivity contribution in [2.45, 2.75) is 4.90 Å². The van der Waals surface area contributed by atoms with Crippen molar-refractivity contribution < 1.29 is 5.11 Å². The topological polar surface area (TPSA) is 72.7 Å². The van der Waals surface area contributed by atoms with Crippen molar-refractivity contribution in [2.75, 3.05) is 5.75 Å². The Morgan fingerprint density at radius 1 is 1.22 bits per heavy atom. The van der Waals surface area contributed by atoms with Crippen LogP contribution < -0.4 is 0 Å². The Hall–Kier alpha value is -2.42. The minimum absolute atomic E-state index is 0.0310. The third-order valence-electron chi connectivity index (χ3n) is 3.23. The van der Waals surface area contributed by atoms with Crippen LogP contribution in [0.4, 0.5) is 0 Å². The molecule has 0 saturated heterocycles. The van der Waals surface area contributed by atoms with Crippen molar-refractivity contribution in [3.05, 3.63) is 65.1 Å². The molecule has 6 heteroatoms. The maximum absolute atomic E-state index is 10.3. The molecule has 0 aliphatic carbocycles. The Kier molecular flexibility index (Phi) is 4.56. The van der Waals surface area contributed by atoms with Crippen LogP contribution in [0.2, 0.25) is 5.02 Å². The lowest BCUT2D eigenvalue weighted by Crippen LogP contribution is -1.95. The average Bonchev–Trinajstić information content (AvgIpc) is 2.98. The summed E-state index contributed by atoms with van der Waals surface area (Å²) < 4.78 is 0. The van der Waals surface area contributed by atoms with Gasteiger partial charge in [-0.3, -0.25) is 0 Å². The standard InChI is InChI=1S/C17H12ClN3OS/c18-12-5-1-4-8-16(12)23-10-15(22)11(9-19)17-20-13-6-2-3-7-14(13)21-17/h1-8,22H,10H2,(H,20,21)/b15-11-.